The molecular formula is C23H33FO2. The Labute approximate surface area is 157 Å². The molecule has 26 heavy (non-hydrogen) atoms. The number of phenolic OH excluding ortho intramolecular Hbond substituents is 2. The van der Waals surface area contributed by atoms with Crippen LogP contribution in [0.3, 0.4) is 0 Å². The fourth-order valence-electron chi connectivity index (χ4n) is 3.53. The second-order valence-corrected chi connectivity index (χ2v) is 8.47. The minimum atomic E-state index is -0.445. The smallest absolute Gasteiger partial charge is 0.126 e. The molecule has 0 saturated carbocycles. The molecule has 0 fully saturated rings. The highest BCUT2D eigenvalue weighted by Crippen LogP contribution is 2.43. The summed E-state index contributed by atoms with van der Waals surface area (Å²) in [6.45, 7) is 16.7. The summed E-state index contributed by atoms with van der Waals surface area (Å²) >= 11 is 0. The lowest BCUT2D eigenvalue weighted by atomic mass is 9.71. The van der Waals surface area contributed by atoms with Gasteiger partial charge in [-0.05, 0) is 59.6 Å². The molecule has 0 aliphatic carbocycles. The summed E-state index contributed by atoms with van der Waals surface area (Å²) in [7, 11) is 0. The standard InChI is InChI=1S/C21H27FO2.C2H6/c1-13-9-14(21(5,6)12-20(2,3)4)10-17(19(13)24)16-11-15(22)7-8-18(16)23;1-2/h7-11,23-24H,12H2,1-6H3;1-2H3. The lowest BCUT2D eigenvalue weighted by molar-refractivity contribution is 0.284. The minimum Gasteiger partial charge on any atom is -0.507 e. The average Bonchev–Trinajstić information content (AvgIpc) is 2.52. The van der Waals surface area contributed by atoms with Gasteiger partial charge in [0, 0.05) is 11.1 Å². The fourth-order valence-corrected chi connectivity index (χ4v) is 3.53. The Hall–Kier alpha value is -2.03. The van der Waals surface area contributed by atoms with Gasteiger partial charge in [0.1, 0.15) is 17.3 Å². The number of rotatable bonds is 3. The maximum Gasteiger partial charge on any atom is 0.126 e. The third-order valence-electron chi connectivity index (χ3n) is 4.30. The third-order valence-corrected chi connectivity index (χ3v) is 4.30. The summed E-state index contributed by atoms with van der Waals surface area (Å²) in [6.07, 6.45) is 0.957. The van der Waals surface area contributed by atoms with E-state index in [4.69, 9.17) is 0 Å². The van der Waals surface area contributed by atoms with Gasteiger partial charge in [0.15, 0.2) is 0 Å². The maximum atomic E-state index is 13.6. The molecule has 3 heteroatoms. The Morgan fingerprint density at radius 2 is 1.46 bits per heavy atom. The molecular weight excluding hydrogens is 327 g/mol. The van der Waals surface area contributed by atoms with Crippen LogP contribution >= 0.6 is 0 Å². The molecule has 0 heterocycles. The summed E-state index contributed by atoms with van der Waals surface area (Å²) in [5, 5.41) is 20.6. The van der Waals surface area contributed by atoms with Crippen LogP contribution in [-0.2, 0) is 5.41 Å². The van der Waals surface area contributed by atoms with Gasteiger partial charge in [0.05, 0.1) is 0 Å². The van der Waals surface area contributed by atoms with E-state index in [0.29, 0.717) is 16.7 Å². The molecule has 0 amide bonds. The summed E-state index contributed by atoms with van der Waals surface area (Å²) < 4.78 is 13.6. The minimum absolute atomic E-state index is 0.0446. The van der Waals surface area contributed by atoms with Crippen molar-refractivity contribution in [3.8, 4) is 22.6 Å². The van der Waals surface area contributed by atoms with E-state index in [1.807, 2.05) is 32.9 Å². The summed E-state index contributed by atoms with van der Waals surface area (Å²) in [5.41, 5.74) is 2.58. The normalized spacial score (nSPS) is 11.7. The SMILES string of the molecule is CC.Cc1cc(C(C)(C)CC(C)(C)C)cc(-c2cc(F)ccc2O)c1O. The molecule has 0 aromatic heterocycles. The van der Waals surface area contributed by atoms with Gasteiger partial charge in [-0.1, -0.05) is 54.5 Å². The lowest BCUT2D eigenvalue weighted by Gasteiger charge is -2.33. The Kier molecular flexibility index (Phi) is 6.87. The molecule has 144 valence electrons. The predicted octanol–water partition coefficient (Wildman–Crippen LogP) is 6.95. The van der Waals surface area contributed by atoms with Crippen LogP contribution in [0.2, 0.25) is 0 Å². The van der Waals surface area contributed by atoms with Crippen molar-refractivity contribution >= 4 is 0 Å². The van der Waals surface area contributed by atoms with Crippen molar-refractivity contribution in [3.63, 3.8) is 0 Å². The van der Waals surface area contributed by atoms with Gasteiger partial charge in [-0.25, -0.2) is 4.39 Å². The van der Waals surface area contributed by atoms with Crippen molar-refractivity contribution in [1.82, 2.24) is 0 Å². The highest BCUT2D eigenvalue weighted by atomic mass is 19.1. The number of hydrogen-bond donors (Lipinski definition) is 2. The van der Waals surface area contributed by atoms with E-state index < -0.39 is 5.82 Å². The summed E-state index contributed by atoms with van der Waals surface area (Å²) in [4.78, 5) is 0. The first kappa shape index (κ1) is 22.0. The number of halogens is 1. The van der Waals surface area contributed by atoms with Crippen LogP contribution in [-0.4, -0.2) is 10.2 Å². The average molecular weight is 361 g/mol. The van der Waals surface area contributed by atoms with Crippen LogP contribution in [0.5, 0.6) is 11.5 Å². The molecule has 0 aliphatic heterocycles. The largest absolute Gasteiger partial charge is 0.507 e. The molecule has 0 aliphatic rings. The van der Waals surface area contributed by atoms with Crippen LogP contribution in [0, 0.1) is 18.2 Å². The molecule has 2 aromatic carbocycles. The number of hydrogen-bond acceptors (Lipinski definition) is 2. The molecule has 2 N–H and O–H groups in total. The number of aromatic hydroxyl groups is 2. The van der Waals surface area contributed by atoms with Gasteiger partial charge in [-0.3, -0.25) is 0 Å². The molecule has 0 bridgehead atoms. The Morgan fingerprint density at radius 3 is 2.00 bits per heavy atom. The number of phenols is 2. The quantitative estimate of drug-likeness (QED) is 0.621. The van der Waals surface area contributed by atoms with E-state index >= 15 is 0 Å². The Balaban J connectivity index is 0.00000163. The fraction of sp³-hybridized carbons (Fsp3) is 0.478. The van der Waals surface area contributed by atoms with Crippen molar-refractivity contribution in [1.29, 1.82) is 0 Å². The zero-order valence-electron chi connectivity index (χ0n) is 17.4. The zero-order valence-corrected chi connectivity index (χ0v) is 17.4. The molecule has 2 rings (SSSR count). The molecule has 0 spiro atoms. The second-order valence-electron chi connectivity index (χ2n) is 8.47. The summed E-state index contributed by atoms with van der Waals surface area (Å²) in [5.74, 6) is -0.415. The monoisotopic (exact) mass is 360 g/mol. The van der Waals surface area contributed by atoms with Gasteiger partial charge in [0.2, 0.25) is 0 Å². The molecule has 0 saturated heterocycles. The van der Waals surface area contributed by atoms with Gasteiger partial charge >= 0.3 is 0 Å². The van der Waals surface area contributed by atoms with Gasteiger partial charge in [-0.15, -0.1) is 0 Å². The second kappa shape index (κ2) is 8.11. The maximum absolute atomic E-state index is 13.6. The van der Waals surface area contributed by atoms with Crippen molar-refractivity contribution in [2.24, 2.45) is 5.41 Å². The van der Waals surface area contributed by atoms with Gasteiger partial charge in [-0.2, -0.15) is 0 Å². The van der Waals surface area contributed by atoms with E-state index in [2.05, 4.69) is 34.6 Å². The van der Waals surface area contributed by atoms with E-state index in [9.17, 15) is 14.6 Å². The first-order chi connectivity index (χ1) is 11.9. The van der Waals surface area contributed by atoms with E-state index in [1.54, 1.807) is 0 Å². The molecule has 2 nitrogen and oxygen atoms in total. The Bertz CT molecular complexity index is 756. The van der Waals surface area contributed by atoms with Crippen LogP contribution in [0.4, 0.5) is 4.39 Å². The lowest BCUT2D eigenvalue weighted by Crippen LogP contribution is -2.25. The Morgan fingerprint density at radius 1 is 0.885 bits per heavy atom. The van der Waals surface area contributed by atoms with Crippen LogP contribution in [0.1, 0.15) is 66.0 Å². The van der Waals surface area contributed by atoms with Gasteiger partial charge in [0.25, 0.3) is 0 Å². The highest BCUT2D eigenvalue weighted by Gasteiger charge is 2.28. The topological polar surface area (TPSA) is 40.5 Å². The van der Waals surface area contributed by atoms with E-state index in [1.165, 1.54) is 18.2 Å². The highest BCUT2D eigenvalue weighted by molar-refractivity contribution is 5.77. The summed E-state index contributed by atoms with van der Waals surface area (Å²) in [6, 6.07) is 7.61. The van der Waals surface area contributed by atoms with E-state index in [0.717, 1.165) is 12.0 Å². The van der Waals surface area contributed by atoms with Crippen LogP contribution in [0.25, 0.3) is 11.1 Å². The first-order valence-electron chi connectivity index (χ1n) is 9.24. The van der Waals surface area contributed by atoms with E-state index in [-0.39, 0.29) is 22.3 Å². The predicted molar refractivity (Wildman–Crippen MR) is 108 cm³/mol. The molecule has 0 atom stereocenters. The molecule has 0 radical (unpaired) electrons. The molecule has 2 aromatic rings. The van der Waals surface area contributed by atoms with Crippen LogP contribution in [0.15, 0.2) is 30.3 Å². The first-order valence-corrected chi connectivity index (χ1v) is 9.24. The van der Waals surface area contributed by atoms with Gasteiger partial charge < -0.3 is 10.2 Å². The molecule has 0 unspecified atom stereocenters. The van der Waals surface area contributed by atoms with Crippen molar-refractivity contribution in [2.45, 2.75) is 67.2 Å². The van der Waals surface area contributed by atoms with Crippen molar-refractivity contribution < 1.29 is 14.6 Å². The number of benzene rings is 2. The van der Waals surface area contributed by atoms with Crippen molar-refractivity contribution in [3.05, 3.63) is 47.3 Å². The van der Waals surface area contributed by atoms with Crippen molar-refractivity contribution in [2.75, 3.05) is 0 Å². The zero-order chi connectivity index (χ0) is 20.3. The third kappa shape index (κ3) is 5.23. The number of aryl methyl sites for hydroxylation is 1. The van der Waals surface area contributed by atoms with Crippen LogP contribution < -0.4 is 0 Å².